The number of nitrogens with one attached hydrogen (secondary N) is 1. The van der Waals surface area contributed by atoms with E-state index in [2.05, 4.69) is 10.3 Å². The Balaban J connectivity index is 1.46. The third-order valence-corrected chi connectivity index (χ3v) is 7.91. The third kappa shape index (κ3) is 5.62. The van der Waals surface area contributed by atoms with Crippen LogP contribution in [0, 0.1) is 18.6 Å². The number of aromatic nitrogens is 3. The van der Waals surface area contributed by atoms with E-state index in [9.17, 15) is 14.4 Å². The van der Waals surface area contributed by atoms with Gasteiger partial charge in [-0.3, -0.25) is 9.59 Å². The van der Waals surface area contributed by atoms with E-state index in [-0.39, 0.29) is 18.0 Å². The van der Waals surface area contributed by atoms with E-state index in [1.807, 2.05) is 6.92 Å². The Bertz CT molecular complexity index is 1780. The zero-order chi connectivity index (χ0) is 31.7. The quantitative estimate of drug-likeness (QED) is 0.303. The molecule has 0 saturated carbocycles. The molecular weight excluding hydrogens is 576 g/mol. The van der Waals surface area contributed by atoms with E-state index in [1.54, 1.807) is 47.7 Å². The zero-order valence-electron chi connectivity index (χ0n) is 25.0. The molecule has 4 heterocycles. The predicted molar refractivity (Wildman–Crippen MR) is 158 cm³/mol. The van der Waals surface area contributed by atoms with Crippen LogP contribution in [0.15, 0.2) is 47.5 Å². The number of hydrogen-bond acceptors (Lipinski definition) is 8. The number of carbonyl (C=O) groups excluding carboxylic acids is 2. The van der Waals surface area contributed by atoms with Crippen molar-refractivity contribution >= 4 is 23.2 Å². The van der Waals surface area contributed by atoms with Crippen LogP contribution in [0.2, 0.25) is 0 Å². The summed E-state index contributed by atoms with van der Waals surface area (Å²) in [4.78, 5) is 45.4. The minimum atomic E-state index is -1.30. The van der Waals surface area contributed by atoms with Crippen molar-refractivity contribution in [3.8, 4) is 16.9 Å². The number of carbonyl (C=O) groups is 2. The number of benzene rings is 1. The number of nitrogens with zero attached hydrogens (tertiary/aromatic N) is 4. The van der Waals surface area contributed by atoms with Crippen LogP contribution >= 0.6 is 0 Å². The summed E-state index contributed by atoms with van der Waals surface area (Å²) in [6.45, 7) is 4.93. The summed E-state index contributed by atoms with van der Waals surface area (Å²) in [6, 6.07) is 5.89. The second-order valence-corrected chi connectivity index (χ2v) is 10.6. The first-order valence-electron chi connectivity index (χ1n) is 14.0. The van der Waals surface area contributed by atoms with Crippen molar-refractivity contribution < 1.29 is 32.6 Å². The molecule has 1 aromatic carbocycles. The van der Waals surface area contributed by atoms with Crippen LogP contribution in [0.5, 0.6) is 5.75 Å². The molecule has 1 aliphatic heterocycles. The van der Waals surface area contributed by atoms with Crippen molar-refractivity contribution in [3.05, 3.63) is 81.7 Å². The minimum absolute atomic E-state index is 0.104. The summed E-state index contributed by atoms with van der Waals surface area (Å²) in [5, 5.41) is 2.43. The second kappa shape index (κ2) is 12.4. The van der Waals surface area contributed by atoms with Crippen molar-refractivity contribution in [3.63, 3.8) is 0 Å². The summed E-state index contributed by atoms with van der Waals surface area (Å²) in [5.41, 5.74) is 1.63. The van der Waals surface area contributed by atoms with Crippen molar-refractivity contribution in [2.75, 3.05) is 38.9 Å². The van der Waals surface area contributed by atoms with Gasteiger partial charge in [-0.2, -0.15) is 0 Å². The van der Waals surface area contributed by atoms with Gasteiger partial charge >= 0.3 is 5.97 Å². The molecule has 11 nitrogen and oxygen atoms in total. The highest BCUT2D eigenvalue weighted by molar-refractivity contribution is 5.97. The summed E-state index contributed by atoms with van der Waals surface area (Å²) < 4.78 is 49.4. The molecule has 5 rings (SSSR count). The van der Waals surface area contributed by atoms with Crippen LogP contribution < -0.4 is 20.5 Å². The lowest BCUT2D eigenvalue weighted by molar-refractivity contribution is -0.142. The number of imidazole rings is 1. The molecule has 1 aliphatic rings. The molecule has 4 aromatic rings. The first-order chi connectivity index (χ1) is 21.0. The van der Waals surface area contributed by atoms with Gasteiger partial charge in [0.2, 0.25) is 0 Å². The number of aryl methyl sites for hydroxylation is 1. The van der Waals surface area contributed by atoms with E-state index in [4.69, 9.17) is 14.2 Å². The number of morpholine rings is 1. The average Bonchev–Trinajstić information content (AvgIpc) is 3.50. The smallest absolute Gasteiger partial charge is 0.328 e. The lowest BCUT2D eigenvalue weighted by Gasteiger charge is -2.35. The monoisotopic (exact) mass is 609 g/mol. The number of fused-ring (bicyclic) bond motifs is 1. The standard InChI is InChI=1S/C31H33F2N5O6/c1-17-12-25(42-4)26(30(40)36(17)3)21-7-6-19(38-9-8-34-28(21)38)15-24(31(41)43-5)35-29(39)27-22(32)13-20(14-23(27)33)37-10-11-44-16-18(37)2/h6-9,12-14,18,24H,10-11,15-16H2,1-5H3,(H,35,39)/t18-,24-/m0/s1. The van der Waals surface area contributed by atoms with E-state index >= 15 is 8.78 Å². The van der Waals surface area contributed by atoms with Gasteiger partial charge in [0.1, 0.15) is 34.6 Å². The highest BCUT2D eigenvalue weighted by Gasteiger charge is 2.29. The Morgan fingerprint density at radius 1 is 1.18 bits per heavy atom. The van der Waals surface area contributed by atoms with Crippen LogP contribution in [0.25, 0.3) is 16.8 Å². The summed E-state index contributed by atoms with van der Waals surface area (Å²) in [7, 11) is 4.28. The first-order valence-corrected chi connectivity index (χ1v) is 14.0. The molecule has 1 saturated heterocycles. The van der Waals surface area contributed by atoms with Crippen molar-refractivity contribution in [1.82, 2.24) is 19.3 Å². The molecule has 2 atom stereocenters. The number of amides is 1. The Labute approximate surface area is 252 Å². The van der Waals surface area contributed by atoms with Gasteiger partial charge < -0.3 is 33.4 Å². The largest absolute Gasteiger partial charge is 0.496 e. The maximum Gasteiger partial charge on any atom is 0.328 e. The number of halogens is 2. The normalized spacial score (nSPS) is 15.7. The predicted octanol–water partition coefficient (Wildman–Crippen LogP) is 3.03. The van der Waals surface area contributed by atoms with E-state index in [0.717, 1.165) is 19.2 Å². The fourth-order valence-corrected chi connectivity index (χ4v) is 5.46. The van der Waals surface area contributed by atoms with Crippen molar-refractivity contribution in [1.29, 1.82) is 0 Å². The van der Waals surface area contributed by atoms with Gasteiger partial charge in [-0.15, -0.1) is 0 Å². The van der Waals surface area contributed by atoms with Gasteiger partial charge in [-0.25, -0.2) is 18.6 Å². The average molecular weight is 610 g/mol. The Morgan fingerprint density at radius 2 is 1.91 bits per heavy atom. The molecule has 13 heteroatoms. The van der Waals surface area contributed by atoms with E-state index in [1.165, 1.54) is 17.9 Å². The Morgan fingerprint density at radius 3 is 2.57 bits per heavy atom. The van der Waals surface area contributed by atoms with Crippen LogP contribution in [0.1, 0.15) is 28.7 Å². The molecule has 1 amide bonds. The third-order valence-electron chi connectivity index (χ3n) is 7.91. The molecule has 0 bridgehead atoms. The first kappa shape index (κ1) is 30.7. The van der Waals surface area contributed by atoms with Gasteiger partial charge in [0.25, 0.3) is 11.5 Å². The second-order valence-electron chi connectivity index (χ2n) is 10.6. The number of methoxy groups -OCH3 is 2. The highest BCUT2D eigenvalue weighted by Crippen LogP contribution is 2.31. The number of anilines is 1. The molecular formula is C31H33F2N5O6. The van der Waals surface area contributed by atoms with E-state index < -0.39 is 35.1 Å². The number of ether oxygens (including phenoxy) is 3. The van der Waals surface area contributed by atoms with Gasteiger partial charge in [-0.05, 0) is 38.1 Å². The fraction of sp³-hybridized carbons (Fsp3) is 0.355. The molecule has 3 aromatic heterocycles. The molecule has 0 spiro atoms. The number of rotatable bonds is 8. The molecule has 232 valence electrons. The van der Waals surface area contributed by atoms with E-state index in [0.29, 0.717) is 59.4 Å². The maximum atomic E-state index is 15.2. The van der Waals surface area contributed by atoms with Gasteiger partial charge in [0.05, 0.1) is 33.0 Å². The molecule has 1 fully saturated rings. The molecule has 44 heavy (non-hydrogen) atoms. The van der Waals surface area contributed by atoms with Crippen LogP contribution in [-0.2, 0) is 27.7 Å². The number of hydrogen-bond donors (Lipinski definition) is 1. The summed E-state index contributed by atoms with van der Waals surface area (Å²) in [5.74, 6) is -3.67. The molecule has 0 radical (unpaired) electrons. The van der Waals surface area contributed by atoms with Crippen LogP contribution in [0.3, 0.4) is 0 Å². The summed E-state index contributed by atoms with van der Waals surface area (Å²) in [6.07, 6.45) is 3.06. The highest BCUT2D eigenvalue weighted by atomic mass is 19.1. The zero-order valence-corrected chi connectivity index (χ0v) is 25.0. The fourth-order valence-electron chi connectivity index (χ4n) is 5.46. The Kier molecular flexibility index (Phi) is 8.68. The lowest BCUT2D eigenvalue weighted by Crippen LogP contribution is -2.44. The van der Waals surface area contributed by atoms with Crippen LogP contribution in [-0.4, -0.2) is 71.9 Å². The summed E-state index contributed by atoms with van der Waals surface area (Å²) >= 11 is 0. The SMILES string of the molecule is COC(=O)[C@H](Cc1ccc(-c2c(OC)cc(C)n(C)c2=O)c2nccn12)NC(=O)c1c(F)cc(N2CCOC[C@@H]2C)cc1F. The van der Waals surface area contributed by atoms with Gasteiger partial charge in [-0.1, -0.05) is 0 Å². The van der Waals surface area contributed by atoms with Crippen molar-refractivity contribution in [2.24, 2.45) is 7.05 Å². The molecule has 1 N–H and O–H groups in total. The Hall–Kier alpha value is -4.78. The van der Waals surface area contributed by atoms with Gasteiger partial charge in [0, 0.05) is 67.2 Å². The molecule has 0 aliphatic carbocycles. The van der Waals surface area contributed by atoms with Crippen molar-refractivity contribution in [2.45, 2.75) is 32.4 Å². The molecule has 0 unspecified atom stereocenters. The number of pyridine rings is 2. The number of esters is 1. The maximum absolute atomic E-state index is 15.2. The van der Waals surface area contributed by atoms with Crippen LogP contribution in [0.4, 0.5) is 14.5 Å². The van der Waals surface area contributed by atoms with Gasteiger partial charge in [0.15, 0.2) is 0 Å². The lowest BCUT2D eigenvalue weighted by atomic mass is 10.0. The topological polar surface area (TPSA) is 116 Å². The minimum Gasteiger partial charge on any atom is -0.496 e.